The number of halogens is 3. The van der Waals surface area contributed by atoms with Crippen molar-refractivity contribution in [2.45, 2.75) is 51.4 Å². The van der Waals surface area contributed by atoms with Crippen LogP contribution in [-0.4, -0.2) is 44.7 Å². The van der Waals surface area contributed by atoms with Gasteiger partial charge in [-0.05, 0) is 33.2 Å². The molecule has 1 atom stereocenters. The molecule has 1 unspecified atom stereocenters. The van der Waals surface area contributed by atoms with Crippen LogP contribution in [0.15, 0.2) is 0 Å². The molecule has 0 spiro atoms. The third-order valence-corrected chi connectivity index (χ3v) is 2.73. The summed E-state index contributed by atoms with van der Waals surface area (Å²) in [6.07, 6.45) is -2.79. The number of alkyl halides is 3. The fourth-order valence-electron chi connectivity index (χ4n) is 1.47. The van der Waals surface area contributed by atoms with Gasteiger partial charge in [-0.25, -0.2) is 0 Å². The highest BCUT2D eigenvalue weighted by Gasteiger charge is 2.28. The van der Waals surface area contributed by atoms with Gasteiger partial charge in [0.05, 0.1) is 12.2 Å². The molecule has 0 aliphatic carbocycles. The molecule has 18 heavy (non-hydrogen) atoms. The molecule has 0 aliphatic rings. The number of rotatable bonds is 9. The Morgan fingerprint density at radius 2 is 1.83 bits per heavy atom. The Kier molecular flexibility index (Phi) is 7.82. The standard InChI is InChI=1S/C12H24F3NO2/c1-5-16-10(6-7-11(2,3)17-4)8-18-9-12(13,14)15/h10,16H,5-9H2,1-4H3. The van der Waals surface area contributed by atoms with E-state index in [1.807, 2.05) is 20.8 Å². The van der Waals surface area contributed by atoms with Crippen LogP contribution in [0, 0.1) is 0 Å². The molecule has 0 saturated heterocycles. The molecule has 0 heterocycles. The molecule has 0 saturated carbocycles. The second-order valence-electron chi connectivity index (χ2n) is 4.89. The van der Waals surface area contributed by atoms with Crippen LogP contribution < -0.4 is 5.32 Å². The van der Waals surface area contributed by atoms with Crippen LogP contribution in [0.3, 0.4) is 0 Å². The van der Waals surface area contributed by atoms with E-state index < -0.39 is 12.8 Å². The van der Waals surface area contributed by atoms with Crippen molar-refractivity contribution < 1.29 is 22.6 Å². The maximum atomic E-state index is 12.0. The molecule has 0 radical (unpaired) electrons. The van der Waals surface area contributed by atoms with E-state index in [9.17, 15) is 13.2 Å². The quantitative estimate of drug-likeness (QED) is 0.699. The summed E-state index contributed by atoms with van der Waals surface area (Å²) in [6, 6.07) is -0.0771. The fourth-order valence-corrected chi connectivity index (χ4v) is 1.47. The van der Waals surface area contributed by atoms with Crippen LogP contribution in [0.5, 0.6) is 0 Å². The Hall–Kier alpha value is -0.330. The number of likely N-dealkylation sites (N-methyl/N-ethyl adjacent to an activating group) is 1. The lowest BCUT2D eigenvalue weighted by Gasteiger charge is -2.26. The van der Waals surface area contributed by atoms with Gasteiger partial charge in [0.15, 0.2) is 0 Å². The van der Waals surface area contributed by atoms with Gasteiger partial charge in [0.2, 0.25) is 0 Å². The second-order valence-corrected chi connectivity index (χ2v) is 4.89. The zero-order chi connectivity index (χ0) is 14.2. The Balaban J connectivity index is 3.99. The van der Waals surface area contributed by atoms with Crippen LogP contribution in [0.2, 0.25) is 0 Å². The van der Waals surface area contributed by atoms with Gasteiger partial charge in [-0.2, -0.15) is 13.2 Å². The lowest BCUT2D eigenvalue weighted by molar-refractivity contribution is -0.175. The number of methoxy groups -OCH3 is 1. The maximum absolute atomic E-state index is 12.0. The van der Waals surface area contributed by atoms with Crippen molar-refractivity contribution in [2.75, 3.05) is 26.9 Å². The van der Waals surface area contributed by atoms with E-state index in [2.05, 4.69) is 10.1 Å². The van der Waals surface area contributed by atoms with E-state index in [-0.39, 0.29) is 18.2 Å². The summed E-state index contributed by atoms with van der Waals surface area (Å²) in [4.78, 5) is 0. The third-order valence-electron chi connectivity index (χ3n) is 2.73. The molecule has 0 bridgehead atoms. The van der Waals surface area contributed by atoms with Crippen molar-refractivity contribution in [3.05, 3.63) is 0 Å². The second kappa shape index (κ2) is 7.96. The number of hydrogen-bond donors (Lipinski definition) is 1. The summed E-state index contributed by atoms with van der Waals surface area (Å²) in [7, 11) is 1.63. The van der Waals surface area contributed by atoms with Crippen LogP contribution >= 0.6 is 0 Å². The minimum absolute atomic E-state index is 0.0626. The van der Waals surface area contributed by atoms with Crippen molar-refractivity contribution in [1.29, 1.82) is 0 Å². The summed E-state index contributed by atoms with van der Waals surface area (Å²) in [6.45, 7) is 5.39. The number of hydrogen-bond acceptors (Lipinski definition) is 3. The van der Waals surface area contributed by atoms with Gasteiger partial charge >= 0.3 is 6.18 Å². The molecule has 0 amide bonds. The van der Waals surface area contributed by atoms with E-state index >= 15 is 0 Å². The van der Waals surface area contributed by atoms with Gasteiger partial charge in [0.25, 0.3) is 0 Å². The predicted octanol–water partition coefficient (Wildman–Crippen LogP) is 2.75. The summed E-state index contributed by atoms with van der Waals surface area (Å²) >= 11 is 0. The Bertz CT molecular complexity index is 220. The van der Waals surface area contributed by atoms with Crippen LogP contribution in [0.1, 0.15) is 33.6 Å². The zero-order valence-electron chi connectivity index (χ0n) is 11.6. The highest BCUT2D eigenvalue weighted by Crippen LogP contribution is 2.18. The lowest BCUT2D eigenvalue weighted by atomic mass is 9.99. The molecule has 0 aromatic heterocycles. The van der Waals surface area contributed by atoms with Crippen LogP contribution in [0.4, 0.5) is 13.2 Å². The predicted molar refractivity (Wildman–Crippen MR) is 64.7 cm³/mol. The molecule has 0 aliphatic heterocycles. The first-order valence-electron chi connectivity index (χ1n) is 6.13. The molecule has 0 aromatic carbocycles. The van der Waals surface area contributed by atoms with Crippen molar-refractivity contribution >= 4 is 0 Å². The number of nitrogens with one attached hydrogen (secondary N) is 1. The maximum Gasteiger partial charge on any atom is 0.411 e. The van der Waals surface area contributed by atoms with Gasteiger partial charge in [-0.3, -0.25) is 0 Å². The minimum Gasteiger partial charge on any atom is -0.379 e. The molecule has 0 rings (SSSR count). The van der Waals surface area contributed by atoms with E-state index in [0.29, 0.717) is 13.0 Å². The molecule has 0 aromatic rings. The average Bonchev–Trinajstić information content (AvgIpc) is 2.24. The van der Waals surface area contributed by atoms with Gasteiger partial charge in [0.1, 0.15) is 6.61 Å². The van der Waals surface area contributed by atoms with Crippen molar-refractivity contribution in [2.24, 2.45) is 0 Å². The Morgan fingerprint density at radius 1 is 1.22 bits per heavy atom. The van der Waals surface area contributed by atoms with Gasteiger partial charge in [-0.1, -0.05) is 6.92 Å². The van der Waals surface area contributed by atoms with Crippen molar-refractivity contribution in [3.8, 4) is 0 Å². The summed E-state index contributed by atoms with van der Waals surface area (Å²) < 4.78 is 45.8. The first kappa shape index (κ1) is 17.7. The average molecular weight is 271 g/mol. The molecule has 6 heteroatoms. The minimum atomic E-state index is -4.26. The van der Waals surface area contributed by atoms with Crippen molar-refractivity contribution in [3.63, 3.8) is 0 Å². The molecular formula is C12H24F3NO2. The number of ether oxygens (including phenoxy) is 2. The topological polar surface area (TPSA) is 30.5 Å². The smallest absolute Gasteiger partial charge is 0.379 e. The first-order valence-corrected chi connectivity index (χ1v) is 6.13. The highest BCUT2D eigenvalue weighted by atomic mass is 19.4. The fraction of sp³-hybridized carbons (Fsp3) is 1.00. The monoisotopic (exact) mass is 271 g/mol. The van der Waals surface area contributed by atoms with Crippen LogP contribution in [-0.2, 0) is 9.47 Å². The van der Waals surface area contributed by atoms with Gasteiger partial charge in [0, 0.05) is 13.2 Å². The molecule has 0 fully saturated rings. The SMILES string of the molecule is CCNC(CCC(C)(C)OC)COCC(F)(F)F. The van der Waals surface area contributed by atoms with E-state index in [0.717, 1.165) is 6.42 Å². The molecule has 110 valence electrons. The summed E-state index contributed by atoms with van der Waals surface area (Å²) in [5.74, 6) is 0. The third kappa shape index (κ3) is 9.67. The largest absolute Gasteiger partial charge is 0.411 e. The normalized spacial score (nSPS) is 14.8. The van der Waals surface area contributed by atoms with E-state index in [4.69, 9.17) is 4.74 Å². The first-order chi connectivity index (χ1) is 8.20. The zero-order valence-corrected chi connectivity index (χ0v) is 11.6. The Morgan fingerprint density at radius 3 is 2.28 bits per heavy atom. The Labute approximate surface area is 107 Å². The lowest BCUT2D eigenvalue weighted by Crippen LogP contribution is -2.37. The van der Waals surface area contributed by atoms with E-state index in [1.54, 1.807) is 7.11 Å². The summed E-state index contributed by atoms with van der Waals surface area (Å²) in [5.41, 5.74) is -0.266. The molecular weight excluding hydrogens is 247 g/mol. The molecule has 1 N–H and O–H groups in total. The van der Waals surface area contributed by atoms with Crippen LogP contribution in [0.25, 0.3) is 0 Å². The van der Waals surface area contributed by atoms with Gasteiger partial charge < -0.3 is 14.8 Å². The molecule has 3 nitrogen and oxygen atoms in total. The summed E-state index contributed by atoms with van der Waals surface area (Å²) in [5, 5.41) is 3.12. The van der Waals surface area contributed by atoms with Crippen molar-refractivity contribution in [1.82, 2.24) is 5.32 Å². The van der Waals surface area contributed by atoms with Gasteiger partial charge in [-0.15, -0.1) is 0 Å². The highest BCUT2D eigenvalue weighted by molar-refractivity contribution is 4.74. The van der Waals surface area contributed by atoms with E-state index in [1.165, 1.54) is 0 Å².